The van der Waals surface area contributed by atoms with E-state index < -0.39 is 0 Å². The second-order valence-electron chi connectivity index (χ2n) is 5.23. The second kappa shape index (κ2) is 4.70. The van der Waals surface area contributed by atoms with Gasteiger partial charge < -0.3 is 15.0 Å². The first-order valence-corrected chi connectivity index (χ1v) is 6.70. The van der Waals surface area contributed by atoms with Gasteiger partial charge in [-0.1, -0.05) is 12.1 Å². The van der Waals surface area contributed by atoms with Crippen LogP contribution in [-0.4, -0.2) is 40.1 Å². The van der Waals surface area contributed by atoms with E-state index >= 15 is 0 Å². The number of aliphatic hydroxyl groups excluding tert-OH is 1. The SMILES string of the molecule is Cc1ccc2cc(C(=O)N(CCO)C3CC3)[nH]c2c1. The van der Waals surface area contributed by atoms with Gasteiger partial charge in [-0.2, -0.15) is 0 Å². The van der Waals surface area contributed by atoms with Gasteiger partial charge in [0.1, 0.15) is 5.69 Å². The number of aromatic nitrogens is 1. The molecule has 1 amide bonds. The van der Waals surface area contributed by atoms with Crippen molar-refractivity contribution in [2.24, 2.45) is 0 Å². The topological polar surface area (TPSA) is 56.3 Å². The summed E-state index contributed by atoms with van der Waals surface area (Å²) in [5.41, 5.74) is 2.77. The Morgan fingerprint density at radius 3 is 2.89 bits per heavy atom. The Morgan fingerprint density at radius 1 is 1.42 bits per heavy atom. The summed E-state index contributed by atoms with van der Waals surface area (Å²) >= 11 is 0. The molecule has 1 saturated carbocycles. The van der Waals surface area contributed by atoms with E-state index in [-0.39, 0.29) is 12.5 Å². The van der Waals surface area contributed by atoms with Crippen LogP contribution in [0, 0.1) is 6.92 Å². The summed E-state index contributed by atoms with van der Waals surface area (Å²) in [6, 6.07) is 8.30. The Morgan fingerprint density at radius 2 is 2.21 bits per heavy atom. The third-order valence-electron chi connectivity index (χ3n) is 3.60. The molecule has 1 aliphatic rings. The number of rotatable bonds is 4. The van der Waals surface area contributed by atoms with Crippen LogP contribution in [0.15, 0.2) is 24.3 Å². The fourth-order valence-corrected chi connectivity index (χ4v) is 2.45. The van der Waals surface area contributed by atoms with Crippen LogP contribution in [0.1, 0.15) is 28.9 Å². The molecule has 1 fully saturated rings. The molecule has 4 heteroatoms. The fraction of sp³-hybridized carbons (Fsp3) is 0.400. The Bertz CT molecular complexity index is 614. The number of H-pyrrole nitrogens is 1. The summed E-state index contributed by atoms with van der Waals surface area (Å²) in [4.78, 5) is 17.4. The van der Waals surface area contributed by atoms with Crippen molar-refractivity contribution in [3.63, 3.8) is 0 Å². The summed E-state index contributed by atoms with van der Waals surface area (Å²) in [7, 11) is 0. The monoisotopic (exact) mass is 258 g/mol. The molecule has 0 saturated heterocycles. The van der Waals surface area contributed by atoms with Gasteiger partial charge in [0, 0.05) is 23.5 Å². The molecule has 0 unspecified atom stereocenters. The van der Waals surface area contributed by atoms with Crippen LogP contribution < -0.4 is 0 Å². The molecule has 0 aliphatic heterocycles. The highest BCUT2D eigenvalue weighted by atomic mass is 16.3. The van der Waals surface area contributed by atoms with Gasteiger partial charge in [0.25, 0.3) is 5.91 Å². The minimum Gasteiger partial charge on any atom is -0.395 e. The van der Waals surface area contributed by atoms with Crippen molar-refractivity contribution >= 4 is 16.8 Å². The van der Waals surface area contributed by atoms with Gasteiger partial charge in [-0.15, -0.1) is 0 Å². The molecule has 1 aromatic carbocycles. The van der Waals surface area contributed by atoms with Crippen molar-refractivity contribution in [1.29, 1.82) is 0 Å². The van der Waals surface area contributed by atoms with Crippen molar-refractivity contribution in [3.8, 4) is 0 Å². The van der Waals surface area contributed by atoms with Crippen LogP contribution in [-0.2, 0) is 0 Å². The molecule has 4 nitrogen and oxygen atoms in total. The zero-order valence-electron chi connectivity index (χ0n) is 11.0. The number of carbonyl (C=O) groups excluding carboxylic acids is 1. The minimum atomic E-state index is -0.00889. The highest BCUT2D eigenvalue weighted by Gasteiger charge is 2.33. The van der Waals surface area contributed by atoms with E-state index in [0.29, 0.717) is 18.3 Å². The third kappa shape index (κ3) is 2.36. The highest BCUT2D eigenvalue weighted by Crippen LogP contribution is 2.28. The zero-order valence-corrected chi connectivity index (χ0v) is 11.0. The minimum absolute atomic E-state index is 0.00889. The normalized spacial score (nSPS) is 14.8. The summed E-state index contributed by atoms with van der Waals surface area (Å²) in [5.74, 6) is -0.00889. The van der Waals surface area contributed by atoms with Crippen LogP contribution >= 0.6 is 0 Å². The molecular formula is C15H18N2O2. The van der Waals surface area contributed by atoms with E-state index in [4.69, 9.17) is 5.11 Å². The maximum Gasteiger partial charge on any atom is 0.270 e. The summed E-state index contributed by atoms with van der Waals surface area (Å²) in [6.07, 6.45) is 2.09. The molecule has 19 heavy (non-hydrogen) atoms. The lowest BCUT2D eigenvalue weighted by atomic mass is 10.2. The average Bonchev–Trinajstić information content (AvgIpc) is 3.14. The number of carbonyl (C=O) groups is 1. The number of hydrogen-bond acceptors (Lipinski definition) is 2. The number of benzene rings is 1. The zero-order chi connectivity index (χ0) is 13.4. The van der Waals surface area contributed by atoms with Crippen molar-refractivity contribution in [2.75, 3.05) is 13.2 Å². The fourth-order valence-electron chi connectivity index (χ4n) is 2.45. The Kier molecular flexibility index (Phi) is 3.03. The van der Waals surface area contributed by atoms with Crippen molar-refractivity contribution in [2.45, 2.75) is 25.8 Å². The highest BCUT2D eigenvalue weighted by molar-refractivity contribution is 5.98. The molecule has 2 aromatic rings. The number of hydrogen-bond donors (Lipinski definition) is 2. The number of aryl methyl sites for hydroxylation is 1. The van der Waals surface area contributed by atoms with Crippen molar-refractivity contribution in [3.05, 3.63) is 35.5 Å². The van der Waals surface area contributed by atoms with Crippen molar-refractivity contribution in [1.82, 2.24) is 9.88 Å². The van der Waals surface area contributed by atoms with E-state index in [1.54, 1.807) is 4.90 Å². The predicted molar refractivity (Wildman–Crippen MR) is 74.2 cm³/mol. The molecule has 1 aromatic heterocycles. The Hall–Kier alpha value is -1.81. The van der Waals surface area contributed by atoms with E-state index in [9.17, 15) is 4.79 Å². The largest absolute Gasteiger partial charge is 0.395 e. The summed E-state index contributed by atoms with van der Waals surface area (Å²) in [6.45, 7) is 2.46. The van der Waals surface area contributed by atoms with Gasteiger partial charge >= 0.3 is 0 Å². The number of fused-ring (bicyclic) bond motifs is 1. The van der Waals surface area contributed by atoms with Gasteiger partial charge in [0.05, 0.1) is 6.61 Å². The molecule has 0 radical (unpaired) electrons. The smallest absolute Gasteiger partial charge is 0.270 e. The molecule has 3 rings (SSSR count). The molecule has 0 bridgehead atoms. The van der Waals surface area contributed by atoms with Crippen LogP contribution in [0.2, 0.25) is 0 Å². The Labute approximate surface area is 112 Å². The number of amides is 1. The van der Waals surface area contributed by atoms with E-state index in [2.05, 4.69) is 4.98 Å². The van der Waals surface area contributed by atoms with Crippen LogP contribution in [0.4, 0.5) is 0 Å². The van der Waals surface area contributed by atoms with Gasteiger partial charge in [0.15, 0.2) is 0 Å². The molecular weight excluding hydrogens is 240 g/mol. The first-order chi connectivity index (χ1) is 9.19. The van der Waals surface area contributed by atoms with Crippen LogP contribution in [0.25, 0.3) is 10.9 Å². The third-order valence-corrected chi connectivity index (χ3v) is 3.60. The molecule has 2 N–H and O–H groups in total. The van der Waals surface area contributed by atoms with E-state index in [1.165, 1.54) is 5.56 Å². The molecule has 0 spiro atoms. The molecule has 0 atom stereocenters. The summed E-state index contributed by atoms with van der Waals surface area (Å²) < 4.78 is 0. The number of nitrogens with one attached hydrogen (secondary N) is 1. The predicted octanol–water partition coefficient (Wildman–Crippen LogP) is 2.07. The van der Waals surface area contributed by atoms with E-state index in [1.807, 2.05) is 31.2 Å². The summed E-state index contributed by atoms with van der Waals surface area (Å²) in [5, 5.41) is 10.1. The average molecular weight is 258 g/mol. The standard InChI is InChI=1S/C15H18N2O2/c1-10-2-3-11-9-14(16-13(11)8-10)15(19)17(6-7-18)12-4-5-12/h2-3,8-9,12,16,18H,4-7H2,1H3. The maximum absolute atomic E-state index is 12.5. The quantitative estimate of drug-likeness (QED) is 0.882. The van der Waals surface area contributed by atoms with Crippen LogP contribution in [0.5, 0.6) is 0 Å². The number of aliphatic hydroxyl groups is 1. The number of aromatic amines is 1. The first-order valence-electron chi connectivity index (χ1n) is 6.70. The van der Waals surface area contributed by atoms with Gasteiger partial charge in [-0.25, -0.2) is 0 Å². The van der Waals surface area contributed by atoms with E-state index in [0.717, 1.165) is 23.7 Å². The van der Waals surface area contributed by atoms with Crippen LogP contribution in [0.3, 0.4) is 0 Å². The first kappa shape index (κ1) is 12.2. The van der Waals surface area contributed by atoms with Gasteiger partial charge in [-0.3, -0.25) is 4.79 Å². The van der Waals surface area contributed by atoms with Gasteiger partial charge in [-0.05, 0) is 37.5 Å². The molecule has 1 heterocycles. The lowest BCUT2D eigenvalue weighted by molar-refractivity contribution is 0.0702. The molecule has 100 valence electrons. The lowest BCUT2D eigenvalue weighted by Crippen LogP contribution is -2.35. The lowest BCUT2D eigenvalue weighted by Gasteiger charge is -2.20. The maximum atomic E-state index is 12.5. The number of nitrogens with zero attached hydrogens (tertiary/aromatic N) is 1. The second-order valence-corrected chi connectivity index (χ2v) is 5.23. The molecule has 1 aliphatic carbocycles. The Balaban J connectivity index is 1.91. The van der Waals surface area contributed by atoms with Gasteiger partial charge in [0.2, 0.25) is 0 Å². The van der Waals surface area contributed by atoms with Crippen molar-refractivity contribution < 1.29 is 9.90 Å².